The predicted octanol–water partition coefficient (Wildman–Crippen LogP) is 3.12. The summed E-state index contributed by atoms with van der Waals surface area (Å²) in [6.45, 7) is 1.92. The Morgan fingerprint density at radius 3 is 2.20 bits per heavy atom. The van der Waals surface area contributed by atoms with E-state index in [1.165, 1.54) is 18.2 Å². The number of benzene rings is 2. The van der Waals surface area contributed by atoms with Gasteiger partial charge in [0.15, 0.2) is 0 Å². The van der Waals surface area contributed by atoms with Crippen LogP contribution >= 0.6 is 11.8 Å². The molecule has 128 valence electrons. The largest absolute Gasteiger partial charge is 0.290 e. The zero-order valence-corrected chi connectivity index (χ0v) is 14.8. The molecule has 2 N–H and O–H groups in total. The van der Waals surface area contributed by atoms with Crippen LogP contribution in [0.4, 0.5) is 10.5 Å². The molecule has 0 bridgehead atoms. The SMILES string of the molecule is Cc1ccc(NS(=O)(=O)c2ccc(C=C3SC(=O)NC3=O)cc2)cc1. The van der Waals surface area contributed by atoms with Crippen molar-refractivity contribution in [1.29, 1.82) is 0 Å². The quantitative estimate of drug-likeness (QED) is 0.802. The third kappa shape index (κ3) is 4.09. The Kier molecular flexibility index (Phi) is 4.65. The summed E-state index contributed by atoms with van der Waals surface area (Å²) >= 11 is 0.812. The van der Waals surface area contributed by atoms with Gasteiger partial charge in [-0.15, -0.1) is 0 Å². The van der Waals surface area contributed by atoms with E-state index in [9.17, 15) is 18.0 Å². The van der Waals surface area contributed by atoms with Gasteiger partial charge in [0.05, 0.1) is 9.80 Å². The van der Waals surface area contributed by atoms with E-state index in [-0.39, 0.29) is 9.80 Å². The van der Waals surface area contributed by atoms with Crippen LogP contribution in [0.3, 0.4) is 0 Å². The molecule has 1 heterocycles. The van der Waals surface area contributed by atoms with Crippen LogP contribution in [-0.2, 0) is 14.8 Å². The van der Waals surface area contributed by atoms with Gasteiger partial charge in [0.2, 0.25) is 0 Å². The molecule has 3 rings (SSSR count). The number of amides is 2. The van der Waals surface area contributed by atoms with Crippen LogP contribution in [0, 0.1) is 6.92 Å². The molecule has 0 aliphatic carbocycles. The Morgan fingerprint density at radius 2 is 1.64 bits per heavy atom. The van der Waals surface area contributed by atoms with Crippen molar-refractivity contribution in [3.05, 3.63) is 64.6 Å². The second kappa shape index (κ2) is 6.73. The normalized spacial score (nSPS) is 16.1. The molecule has 2 amide bonds. The number of sulfonamides is 1. The molecule has 1 aliphatic rings. The molecule has 1 aliphatic heterocycles. The Bertz CT molecular complexity index is 963. The van der Waals surface area contributed by atoms with Gasteiger partial charge in [0.25, 0.3) is 21.2 Å². The molecule has 0 unspecified atom stereocenters. The number of aryl methyl sites for hydroxylation is 1. The fourth-order valence-electron chi connectivity index (χ4n) is 2.15. The average molecular weight is 374 g/mol. The van der Waals surface area contributed by atoms with Crippen LogP contribution in [0.25, 0.3) is 6.08 Å². The highest BCUT2D eigenvalue weighted by molar-refractivity contribution is 8.18. The van der Waals surface area contributed by atoms with E-state index in [0.717, 1.165) is 17.3 Å². The predicted molar refractivity (Wildman–Crippen MR) is 97.5 cm³/mol. The lowest BCUT2D eigenvalue weighted by Gasteiger charge is -2.08. The molecule has 1 saturated heterocycles. The molecular formula is C17H14N2O4S2. The maximum atomic E-state index is 12.4. The molecule has 0 atom stereocenters. The smallest absolute Gasteiger partial charge is 0.282 e. The van der Waals surface area contributed by atoms with E-state index in [4.69, 9.17) is 0 Å². The van der Waals surface area contributed by atoms with Crippen molar-refractivity contribution >= 4 is 44.7 Å². The number of imide groups is 1. The first kappa shape index (κ1) is 17.2. The van der Waals surface area contributed by atoms with Crippen molar-refractivity contribution in [1.82, 2.24) is 5.32 Å². The summed E-state index contributed by atoms with van der Waals surface area (Å²) in [7, 11) is -3.70. The second-order valence-electron chi connectivity index (χ2n) is 5.39. The molecule has 0 radical (unpaired) electrons. The molecule has 6 nitrogen and oxygen atoms in total. The number of rotatable bonds is 4. The fourth-order valence-corrected chi connectivity index (χ4v) is 3.89. The van der Waals surface area contributed by atoms with E-state index in [1.54, 1.807) is 24.3 Å². The molecule has 2 aromatic rings. The van der Waals surface area contributed by atoms with Crippen molar-refractivity contribution in [3.63, 3.8) is 0 Å². The van der Waals surface area contributed by atoms with Crippen molar-refractivity contribution < 1.29 is 18.0 Å². The van der Waals surface area contributed by atoms with Crippen LogP contribution in [0.15, 0.2) is 58.3 Å². The van der Waals surface area contributed by atoms with Crippen LogP contribution in [0.2, 0.25) is 0 Å². The summed E-state index contributed by atoms with van der Waals surface area (Å²) in [5.41, 5.74) is 2.14. The molecule has 25 heavy (non-hydrogen) atoms. The highest BCUT2D eigenvalue weighted by Crippen LogP contribution is 2.26. The van der Waals surface area contributed by atoms with Gasteiger partial charge in [-0.2, -0.15) is 0 Å². The van der Waals surface area contributed by atoms with Gasteiger partial charge in [0, 0.05) is 5.69 Å². The van der Waals surface area contributed by atoms with Crippen molar-refractivity contribution in [3.8, 4) is 0 Å². The number of anilines is 1. The minimum absolute atomic E-state index is 0.106. The lowest BCUT2D eigenvalue weighted by molar-refractivity contribution is -0.115. The molecule has 0 saturated carbocycles. The van der Waals surface area contributed by atoms with Crippen LogP contribution < -0.4 is 10.0 Å². The zero-order chi connectivity index (χ0) is 18.0. The van der Waals surface area contributed by atoms with Gasteiger partial charge in [-0.25, -0.2) is 8.42 Å². The minimum Gasteiger partial charge on any atom is -0.282 e. The lowest BCUT2D eigenvalue weighted by Crippen LogP contribution is -2.17. The first-order chi connectivity index (χ1) is 11.8. The second-order valence-corrected chi connectivity index (χ2v) is 8.09. The topological polar surface area (TPSA) is 92.3 Å². The average Bonchev–Trinajstić information content (AvgIpc) is 2.87. The first-order valence-electron chi connectivity index (χ1n) is 7.28. The van der Waals surface area contributed by atoms with E-state index < -0.39 is 21.2 Å². The highest BCUT2D eigenvalue weighted by Gasteiger charge is 2.25. The Morgan fingerprint density at radius 1 is 1.00 bits per heavy atom. The van der Waals surface area contributed by atoms with Crippen LogP contribution in [0.5, 0.6) is 0 Å². The van der Waals surface area contributed by atoms with Crippen molar-refractivity contribution in [2.45, 2.75) is 11.8 Å². The number of thioether (sulfide) groups is 1. The summed E-state index contributed by atoms with van der Waals surface area (Å²) in [6, 6.07) is 13.1. The summed E-state index contributed by atoms with van der Waals surface area (Å²) in [5.74, 6) is -0.451. The van der Waals surface area contributed by atoms with E-state index in [0.29, 0.717) is 11.3 Å². The maximum Gasteiger partial charge on any atom is 0.290 e. The molecule has 1 fully saturated rings. The van der Waals surface area contributed by atoms with Crippen molar-refractivity contribution in [2.75, 3.05) is 4.72 Å². The number of carbonyl (C=O) groups excluding carboxylic acids is 2. The third-order valence-corrected chi connectivity index (χ3v) is 5.64. The molecule has 0 spiro atoms. The molecule has 8 heteroatoms. The van der Waals surface area contributed by atoms with Crippen molar-refractivity contribution in [2.24, 2.45) is 0 Å². The molecule has 2 aromatic carbocycles. The molecular weight excluding hydrogens is 360 g/mol. The van der Waals surface area contributed by atoms with E-state index in [2.05, 4.69) is 10.0 Å². The van der Waals surface area contributed by atoms with Gasteiger partial charge in [0.1, 0.15) is 0 Å². The number of hydrogen-bond acceptors (Lipinski definition) is 5. The number of nitrogens with one attached hydrogen (secondary N) is 2. The third-order valence-electron chi connectivity index (χ3n) is 3.43. The summed E-state index contributed by atoms with van der Waals surface area (Å²) in [6.07, 6.45) is 1.54. The van der Waals surface area contributed by atoms with Gasteiger partial charge in [-0.1, -0.05) is 29.8 Å². The Balaban J connectivity index is 1.79. The fraction of sp³-hybridized carbons (Fsp3) is 0.0588. The lowest BCUT2D eigenvalue weighted by atomic mass is 10.2. The zero-order valence-electron chi connectivity index (χ0n) is 13.1. The summed E-state index contributed by atoms with van der Waals surface area (Å²) in [5, 5.41) is 1.75. The number of carbonyl (C=O) groups is 2. The Labute approximate surface area is 149 Å². The van der Waals surface area contributed by atoms with Gasteiger partial charge in [-0.3, -0.25) is 19.6 Å². The maximum absolute atomic E-state index is 12.4. The van der Waals surface area contributed by atoms with E-state index in [1.807, 2.05) is 19.1 Å². The molecule has 0 aromatic heterocycles. The summed E-state index contributed by atoms with van der Waals surface area (Å²) < 4.78 is 27.3. The van der Waals surface area contributed by atoms with E-state index >= 15 is 0 Å². The Hall–Kier alpha value is -2.58. The van der Waals surface area contributed by atoms with Gasteiger partial charge in [-0.05, 0) is 54.6 Å². The number of hydrogen-bond donors (Lipinski definition) is 2. The minimum atomic E-state index is -3.70. The standard InChI is InChI=1S/C17H14N2O4S2/c1-11-2-6-13(7-3-11)19-25(22,23)14-8-4-12(5-9-14)10-15-16(20)18-17(21)24-15/h2-10,19H,1H3,(H,18,20,21). The van der Waals surface area contributed by atoms with Gasteiger partial charge >= 0.3 is 0 Å². The first-order valence-corrected chi connectivity index (χ1v) is 9.58. The summed E-state index contributed by atoms with van der Waals surface area (Å²) in [4.78, 5) is 23.0. The monoisotopic (exact) mass is 374 g/mol. The highest BCUT2D eigenvalue weighted by atomic mass is 32.2. The van der Waals surface area contributed by atoms with Crippen LogP contribution in [0.1, 0.15) is 11.1 Å². The van der Waals surface area contributed by atoms with Crippen LogP contribution in [-0.4, -0.2) is 19.6 Å². The van der Waals surface area contributed by atoms with Gasteiger partial charge < -0.3 is 0 Å².